The molecule has 4 heteroatoms. The molecule has 1 aromatic rings. The second-order valence-electron chi connectivity index (χ2n) is 1.68. The SMILES string of the molecule is Nc1cc(Cl)ccc1[O-].[K+]. The van der Waals surface area contributed by atoms with Gasteiger partial charge < -0.3 is 10.8 Å². The van der Waals surface area contributed by atoms with Gasteiger partial charge in [0.2, 0.25) is 0 Å². The molecule has 0 amide bonds. The second-order valence-corrected chi connectivity index (χ2v) is 2.12. The molecule has 10 heavy (non-hydrogen) atoms. The Labute approximate surface area is 107 Å². The van der Waals surface area contributed by atoms with Crippen LogP contribution in [0.1, 0.15) is 0 Å². The van der Waals surface area contributed by atoms with Gasteiger partial charge in [0.25, 0.3) is 0 Å². The summed E-state index contributed by atoms with van der Waals surface area (Å²) in [7, 11) is 0. The average Bonchev–Trinajstić information content (AvgIpc) is 1.80. The summed E-state index contributed by atoms with van der Waals surface area (Å²) in [6.07, 6.45) is 0. The summed E-state index contributed by atoms with van der Waals surface area (Å²) in [4.78, 5) is 0. The maximum absolute atomic E-state index is 10.6. The van der Waals surface area contributed by atoms with Crippen LogP contribution >= 0.6 is 11.6 Å². The van der Waals surface area contributed by atoms with Gasteiger partial charge in [0.15, 0.2) is 0 Å². The molecule has 0 saturated carbocycles. The van der Waals surface area contributed by atoms with Gasteiger partial charge in [0.05, 0.1) is 0 Å². The van der Waals surface area contributed by atoms with E-state index in [1.54, 1.807) is 0 Å². The van der Waals surface area contributed by atoms with Crippen LogP contribution in [0.2, 0.25) is 5.02 Å². The Morgan fingerprint density at radius 3 is 2.40 bits per heavy atom. The molecule has 0 saturated heterocycles. The summed E-state index contributed by atoms with van der Waals surface area (Å²) >= 11 is 5.50. The van der Waals surface area contributed by atoms with E-state index >= 15 is 0 Å². The molecule has 1 aromatic carbocycles. The van der Waals surface area contributed by atoms with Gasteiger partial charge >= 0.3 is 51.4 Å². The van der Waals surface area contributed by atoms with Crippen molar-refractivity contribution in [2.24, 2.45) is 0 Å². The van der Waals surface area contributed by atoms with Crippen LogP contribution in [0.25, 0.3) is 0 Å². The van der Waals surface area contributed by atoms with Crippen LogP contribution in [0, 0.1) is 0 Å². The maximum atomic E-state index is 10.6. The molecule has 0 spiro atoms. The van der Waals surface area contributed by atoms with Crippen molar-refractivity contribution >= 4 is 17.3 Å². The molecule has 0 unspecified atom stereocenters. The number of halogens is 1. The first-order valence-corrected chi connectivity index (χ1v) is 2.80. The van der Waals surface area contributed by atoms with Crippen LogP contribution in [0.3, 0.4) is 0 Å². The van der Waals surface area contributed by atoms with Crippen LogP contribution in [0.15, 0.2) is 18.2 Å². The fraction of sp³-hybridized carbons (Fsp3) is 0. The standard InChI is InChI=1S/C6H6ClNO.K/c7-4-1-2-6(9)5(8)3-4;/h1-3,9H,8H2;/q;+1/p-1. The summed E-state index contributed by atoms with van der Waals surface area (Å²) in [5.74, 6) is -0.181. The van der Waals surface area contributed by atoms with Crippen LogP contribution in [0.5, 0.6) is 5.75 Å². The predicted molar refractivity (Wildman–Crippen MR) is 35.3 cm³/mol. The summed E-state index contributed by atoms with van der Waals surface area (Å²) in [5, 5.41) is 11.1. The fourth-order valence-corrected chi connectivity index (χ4v) is 0.700. The van der Waals surface area contributed by atoms with Gasteiger partial charge in [0, 0.05) is 10.7 Å². The maximum Gasteiger partial charge on any atom is 1.00 e. The van der Waals surface area contributed by atoms with Gasteiger partial charge in [-0.25, -0.2) is 0 Å². The van der Waals surface area contributed by atoms with Crippen molar-refractivity contribution in [3.8, 4) is 5.75 Å². The van der Waals surface area contributed by atoms with Crippen LogP contribution in [0.4, 0.5) is 5.69 Å². The van der Waals surface area contributed by atoms with E-state index < -0.39 is 0 Å². The number of nitrogen functional groups attached to an aromatic ring is 1. The predicted octanol–water partition coefficient (Wildman–Crippen LogP) is -2.00. The van der Waals surface area contributed by atoms with E-state index in [4.69, 9.17) is 17.3 Å². The number of hydrogen-bond acceptors (Lipinski definition) is 2. The number of benzene rings is 1. The van der Waals surface area contributed by atoms with Gasteiger partial charge in [-0.05, 0) is 12.1 Å². The third-order valence-electron chi connectivity index (χ3n) is 0.972. The molecule has 0 bridgehead atoms. The Morgan fingerprint density at radius 1 is 1.40 bits per heavy atom. The van der Waals surface area contributed by atoms with Crippen molar-refractivity contribution in [1.29, 1.82) is 0 Å². The molecule has 1 rings (SSSR count). The van der Waals surface area contributed by atoms with Crippen molar-refractivity contribution in [3.63, 3.8) is 0 Å². The minimum atomic E-state index is -0.181. The Kier molecular flexibility index (Phi) is 4.93. The Bertz CT molecular complexity index is 229. The van der Waals surface area contributed by atoms with Crippen molar-refractivity contribution < 1.29 is 56.5 Å². The smallest absolute Gasteiger partial charge is 0.871 e. The number of anilines is 1. The quantitative estimate of drug-likeness (QED) is 0.372. The first kappa shape index (κ1) is 10.7. The monoisotopic (exact) mass is 181 g/mol. The summed E-state index contributed by atoms with van der Waals surface area (Å²) < 4.78 is 0. The molecule has 0 aliphatic heterocycles. The first-order valence-electron chi connectivity index (χ1n) is 2.42. The molecule has 2 N–H and O–H groups in total. The van der Waals surface area contributed by atoms with Crippen LogP contribution in [-0.4, -0.2) is 0 Å². The van der Waals surface area contributed by atoms with E-state index in [1.165, 1.54) is 18.2 Å². The number of rotatable bonds is 0. The summed E-state index contributed by atoms with van der Waals surface area (Å²) in [5.41, 5.74) is 5.42. The van der Waals surface area contributed by atoms with Gasteiger partial charge in [-0.1, -0.05) is 23.4 Å². The number of hydrogen-bond donors (Lipinski definition) is 1. The second kappa shape index (κ2) is 4.59. The van der Waals surface area contributed by atoms with Crippen molar-refractivity contribution in [3.05, 3.63) is 23.2 Å². The zero-order chi connectivity index (χ0) is 6.85. The molecule has 0 fully saturated rings. The average molecular weight is 182 g/mol. The zero-order valence-electron chi connectivity index (χ0n) is 5.60. The Hall–Kier alpha value is 0.746. The van der Waals surface area contributed by atoms with Crippen molar-refractivity contribution in [2.45, 2.75) is 0 Å². The molecular formula is C6H5ClKNO. The molecule has 0 aromatic heterocycles. The molecule has 2 nitrogen and oxygen atoms in total. The summed E-state index contributed by atoms with van der Waals surface area (Å²) in [6.45, 7) is 0. The van der Waals surface area contributed by atoms with Crippen LogP contribution in [-0.2, 0) is 0 Å². The number of nitrogens with two attached hydrogens (primary N) is 1. The molecule has 0 aliphatic rings. The van der Waals surface area contributed by atoms with Gasteiger partial charge in [-0.2, -0.15) is 0 Å². The van der Waals surface area contributed by atoms with E-state index in [2.05, 4.69) is 0 Å². The zero-order valence-corrected chi connectivity index (χ0v) is 9.47. The van der Waals surface area contributed by atoms with E-state index in [9.17, 15) is 5.11 Å². The largest absolute Gasteiger partial charge is 1.00 e. The molecule has 0 heterocycles. The van der Waals surface area contributed by atoms with E-state index in [0.29, 0.717) is 5.02 Å². The topological polar surface area (TPSA) is 49.1 Å². The third kappa shape index (κ3) is 2.78. The molecule has 0 radical (unpaired) electrons. The Morgan fingerprint density at radius 2 is 2.00 bits per heavy atom. The minimum Gasteiger partial charge on any atom is -0.871 e. The van der Waals surface area contributed by atoms with Crippen molar-refractivity contribution in [1.82, 2.24) is 0 Å². The van der Waals surface area contributed by atoms with Gasteiger partial charge in [-0.15, -0.1) is 0 Å². The molecule has 0 atom stereocenters. The van der Waals surface area contributed by atoms with Gasteiger partial charge in [-0.3, -0.25) is 0 Å². The van der Waals surface area contributed by atoms with E-state index in [0.717, 1.165) is 0 Å². The van der Waals surface area contributed by atoms with E-state index in [-0.39, 0.29) is 62.8 Å². The van der Waals surface area contributed by atoms with Crippen LogP contribution < -0.4 is 62.2 Å². The fourth-order valence-electron chi connectivity index (χ4n) is 0.519. The normalized spacial score (nSPS) is 8.50. The molecule has 48 valence electrons. The summed E-state index contributed by atoms with van der Waals surface area (Å²) in [6, 6.07) is 4.29. The van der Waals surface area contributed by atoms with E-state index in [1.807, 2.05) is 0 Å². The van der Waals surface area contributed by atoms with Crippen molar-refractivity contribution in [2.75, 3.05) is 5.73 Å². The third-order valence-corrected chi connectivity index (χ3v) is 1.21. The first-order chi connectivity index (χ1) is 4.20. The molecule has 0 aliphatic carbocycles. The Balaban J connectivity index is 0.000000810. The van der Waals surface area contributed by atoms with Gasteiger partial charge in [0.1, 0.15) is 0 Å². The minimum absolute atomic E-state index is 0. The molecular weight excluding hydrogens is 177 g/mol.